The molecule has 10 rings (SSSR count). The fourth-order valence-corrected chi connectivity index (χ4v) is 10.8. The van der Waals surface area contributed by atoms with Gasteiger partial charge < -0.3 is 24.8 Å². The number of imidazole rings is 1. The molecule has 0 bridgehead atoms. The lowest BCUT2D eigenvalue weighted by Gasteiger charge is -2.38. The van der Waals surface area contributed by atoms with E-state index >= 15 is 0 Å². The molecule has 73 heavy (non-hydrogen) atoms. The number of ether oxygens (including phenoxy) is 1. The summed E-state index contributed by atoms with van der Waals surface area (Å²) in [6, 6.07) is 15.8. The zero-order chi connectivity index (χ0) is 51.1. The van der Waals surface area contributed by atoms with Gasteiger partial charge in [-0.2, -0.15) is 13.2 Å². The van der Waals surface area contributed by atoms with E-state index in [0.717, 1.165) is 74.5 Å². The number of carbonyl (C=O) groups excluding carboxylic acids is 6. The molecule has 4 fully saturated rings. The number of anilines is 3. The average Bonchev–Trinajstić information content (AvgIpc) is 3.90. The molecule has 0 saturated carbocycles. The Kier molecular flexibility index (Phi) is 13.7. The molecule has 6 amide bonds. The van der Waals surface area contributed by atoms with Crippen molar-refractivity contribution in [2.24, 2.45) is 5.92 Å². The van der Waals surface area contributed by atoms with Crippen LogP contribution in [-0.2, 0) is 25.3 Å². The number of nitrogens with zero attached hydrogens (tertiary/aromatic N) is 7. The van der Waals surface area contributed by atoms with Crippen LogP contribution in [0.25, 0.3) is 5.65 Å². The molecule has 1 unspecified atom stereocenters. The Labute approximate surface area is 423 Å². The van der Waals surface area contributed by atoms with Gasteiger partial charge in [0.05, 0.1) is 40.8 Å². The average molecular weight is 1020 g/mol. The normalized spacial score (nSPS) is 19.3. The summed E-state index contributed by atoms with van der Waals surface area (Å²) in [5.74, 6) is 4.61. The van der Waals surface area contributed by atoms with E-state index in [0.29, 0.717) is 60.8 Å². The fraction of sp³-hybridized carbons (Fsp3) is 0.396. The largest absolute Gasteiger partial charge is 0.416 e. The summed E-state index contributed by atoms with van der Waals surface area (Å²) in [4.78, 5) is 89.8. The van der Waals surface area contributed by atoms with Crippen LogP contribution in [0.5, 0.6) is 0 Å². The number of rotatable bonds is 9. The summed E-state index contributed by atoms with van der Waals surface area (Å²) < 4.78 is 48.4. The molecule has 5 aromatic rings. The number of fused-ring (bicyclic) bond motifs is 2. The van der Waals surface area contributed by atoms with Crippen LogP contribution in [0, 0.1) is 24.7 Å². The molecular formula is C53H51ClF3N9O7. The molecule has 16 nitrogen and oxygen atoms in total. The van der Waals surface area contributed by atoms with Crippen LogP contribution < -0.4 is 20.4 Å². The van der Waals surface area contributed by atoms with Gasteiger partial charge in [0.2, 0.25) is 17.7 Å². The summed E-state index contributed by atoms with van der Waals surface area (Å²) in [7, 11) is 0. The van der Waals surface area contributed by atoms with E-state index < -0.39 is 47.3 Å². The predicted molar refractivity (Wildman–Crippen MR) is 263 cm³/mol. The molecular weight excluding hydrogens is 967 g/mol. The second kappa shape index (κ2) is 20.3. The summed E-state index contributed by atoms with van der Waals surface area (Å²) in [5.41, 5.74) is 2.61. The maximum absolute atomic E-state index is 13.7. The Morgan fingerprint density at radius 1 is 0.836 bits per heavy atom. The van der Waals surface area contributed by atoms with Gasteiger partial charge in [-0.3, -0.25) is 39.0 Å². The monoisotopic (exact) mass is 1020 g/mol. The van der Waals surface area contributed by atoms with Crippen molar-refractivity contribution < 1.29 is 46.7 Å². The molecule has 4 saturated heterocycles. The van der Waals surface area contributed by atoms with E-state index in [9.17, 15) is 41.9 Å². The molecule has 1 atom stereocenters. The van der Waals surface area contributed by atoms with Gasteiger partial charge in [-0.15, -0.1) is 5.10 Å². The lowest BCUT2D eigenvalue weighted by molar-refractivity contribution is -0.138. The molecule has 2 aromatic heterocycles. The lowest BCUT2D eigenvalue weighted by Crippen LogP contribution is -2.54. The minimum absolute atomic E-state index is 0.0545. The summed E-state index contributed by atoms with van der Waals surface area (Å²) in [6.07, 6.45) is 2.39. The van der Waals surface area contributed by atoms with Crippen LogP contribution in [0.1, 0.15) is 111 Å². The van der Waals surface area contributed by atoms with Gasteiger partial charge in [0, 0.05) is 73.9 Å². The Morgan fingerprint density at radius 2 is 1.55 bits per heavy atom. The molecule has 0 radical (unpaired) electrons. The molecule has 378 valence electrons. The van der Waals surface area contributed by atoms with Crippen LogP contribution in [0.3, 0.4) is 0 Å². The van der Waals surface area contributed by atoms with Crippen molar-refractivity contribution in [2.45, 2.75) is 89.1 Å². The van der Waals surface area contributed by atoms with Crippen molar-refractivity contribution in [1.82, 2.24) is 29.7 Å². The minimum atomic E-state index is -4.63. The standard InChI is InChI=1S/C53H51ClF3N9O7/c1-31-33(4-2-5-40(31)49(69)59-36-28-34(53(55,56)57)27-35(54)29-36)8-9-37-30-58-44-11-12-45(61-66(37)44)63-22-16-38(17-23-63)73-39-18-24-64(25-19-39)47(68)26-32-14-20-62(21-15-32)42-7-3-6-41-48(42)52(72)65(51(41)71)43-10-13-46(67)60-50(43)70/h2-7,11-12,27-30,32,38-39,43H,10,13-26H2,1H3,(H,59,69)(H,60,67,70). The second-order valence-corrected chi connectivity index (χ2v) is 19.6. The predicted octanol–water partition coefficient (Wildman–Crippen LogP) is 7.05. The summed E-state index contributed by atoms with van der Waals surface area (Å²) in [6.45, 7) is 5.69. The van der Waals surface area contributed by atoms with E-state index in [-0.39, 0.29) is 64.3 Å². The van der Waals surface area contributed by atoms with Crippen molar-refractivity contribution in [3.63, 3.8) is 0 Å². The first-order chi connectivity index (χ1) is 35.1. The summed E-state index contributed by atoms with van der Waals surface area (Å²) >= 11 is 5.92. The smallest absolute Gasteiger partial charge is 0.375 e. The highest BCUT2D eigenvalue weighted by atomic mass is 35.5. The van der Waals surface area contributed by atoms with Gasteiger partial charge in [0.15, 0.2) is 5.65 Å². The number of imide groups is 2. The van der Waals surface area contributed by atoms with E-state index in [1.54, 1.807) is 48.0 Å². The third-order valence-electron chi connectivity index (χ3n) is 14.5. The van der Waals surface area contributed by atoms with E-state index in [1.165, 1.54) is 6.07 Å². The first kappa shape index (κ1) is 49.3. The number of piperidine rings is 4. The second-order valence-electron chi connectivity index (χ2n) is 19.2. The molecule has 20 heteroatoms. The summed E-state index contributed by atoms with van der Waals surface area (Å²) in [5, 5.41) is 9.49. The van der Waals surface area contributed by atoms with Crippen molar-refractivity contribution in [3.8, 4) is 11.8 Å². The maximum Gasteiger partial charge on any atom is 0.416 e. The van der Waals surface area contributed by atoms with Crippen molar-refractivity contribution >= 4 is 69.9 Å². The Hall–Kier alpha value is -7.30. The van der Waals surface area contributed by atoms with Crippen molar-refractivity contribution in [3.05, 3.63) is 117 Å². The third kappa shape index (κ3) is 10.4. The van der Waals surface area contributed by atoms with Crippen LogP contribution in [0.2, 0.25) is 5.02 Å². The van der Waals surface area contributed by atoms with Crippen LogP contribution in [0.15, 0.2) is 72.9 Å². The number of alkyl halides is 3. The lowest BCUT2D eigenvalue weighted by atomic mass is 9.91. The molecule has 3 aromatic carbocycles. The van der Waals surface area contributed by atoms with Crippen LogP contribution in [-0.4, -0.2) is 117 Å². The van der Waals surface area contributed by atoms with Crippen molar-refractivity contribution in [2.75, 3.05) is 54.4 Å². The maximum atomic E-state index is 13.7. The molecule has 5 aliphatic heterocycles. The molecule has 5 aliphatic rings. The zero-order valence-electron chi connectivity index (χ0n) is 39.8. The van der Waals surface area contributed by atoms with Crippen LogP contribution >= 0.6 is 11.6 Å². The van der Waals surface area contributed by atoms with Gasteiger partial charge >= 0.3 is 6.18 Å². The highest BCUT2D eigenvalue weighted by molar-refractivity contribution is 6.31. The van der Waals surface area contributed by atoms with Gasteiger partial charge in [-0.25, -0.2) is 9.50 Å². The van der Waals surface area contributed by atoms with Crippen molar-refractivity contribution in [1.29, 1.82) is 0 Å². The number of hydrogen-bond acceptors (Lipinski definition) is 11. The number of hydrogen-bond donors (Lipinski definition) is 2. The third-order valence-corrected chi connectivity index (χ3v) is 14.8. The van der Waals surface area contributed by atoms with E-state index in [4.69, 9.17) is 21.4 Å². The Morgan fingerprint density at radius 3 is 2.27 bits per heavy atom. The van der Waals surface area contributed by atoms with Gasteiger partial charge in [0.1, 0.15) is 17.6 Å². The number of benzene rings is 3. The van der Waals surface area contributed by atoms with Gasteiger partial charge in [-0.05, 0) is 124 Å². The topological polar surface area (TPSA) is 179 Å². The quantitative estimate of drug-likeness (QED) is 0.114. The number of nitrogens with one attached hydrogen (secondary N) is 2. The minimum Gasteiger partial charge on any atom is -0.375 e. The molecule has 0 spiro atoms. The highest BCUT2D eigenvalue weighted by Crippen LogP contribution is 2.37. The number of aromatic nitrogens is 3. The first-order valence-corrected chi connectivity index (χ1v) is 24.9. The Balaban J connectivity index is 0.679. The SMILES string of the molecule is Cc1c(C#Cc2cnc3ccc(N4CCC(OC5CCN(C(=O)CC6CCN(c7cccc8c7C(=O)N(C7CCC(=O)NC7=O)C8=O)CC6)CC5)CC4)nn23)cccc1C(=O)Nc1cc(Cl)cc(C(F)(F)F)c1. The Bertz CT molecular complexity index is 3110. The van der Waals surface area contributed by atoms with Gasteiger partial charge in [0.25, 0.3) is 17.7 Å². The number of halogens is 4. The highest BCUT2D eigenvalue weighted by Gasteiger charge is 2.46. The molecule has 7 heterocycles. The first-order valence-electron chi connectivity index (χ1n) is 24.5. The van der Waals surface area contributed by atoms with Crippen LogP contribution in [0.4, 0.5) is 30.4 Å². The fourth-order valence-electron chi connectivity index (χ4n) is 10.5. The van der Waals surface area contributed by atoms with Gasteiger partial charge in [-0.1, -0.05) is 29.7 Å². The number of carbonyl (C=O) groups is 6. The molecule has 2 N–H and O–H groups in total. The van der Waals surface area contributed by atoms with E-state index in [1.807, 2.05) is 23.1 Å². The zero-order valence-corrected chi connectivity index (χ0v) is 40.6. The molecule has 0 aliphatic carbocycles. The number of amides is 6. The number of likely N-dealkylation sites (tertiary alicyclic amines) is 1. The van der Waals surface area contributed by atoms with E-state index in [2.05, 4.69) is 37.3 Å².